The molecular weight excluding hydrogens is 270 g/mol. The van der Waals surface area contributed by atoms with Gasteiger partial charge in [-0.2, -0.15) is 0 Å². The van der Waals surface area contributed by atoms with Crippen LogP contribution < -0.4 is 14.8 Å². The molecule has 1 saturated carbocycles. The number of amides is 1. The zero-order valence-corrected chi connectivity index (χ0v) is 11.7. The lowest BCUT2D eigenvalue weighted by molar-refractivity contribution is -0.117. The van der Waals surface area contributed by atoms with Crippen LogP contribution in [0, 0.1) is 0 Å². The van der Waals surface area contributed by atoms with E-state index in [1.54, 1.807) is 6.08 Å². The summed E-state index contributed by atoms with van der Waals surface area (Å²) in [5, 5.41) is 12.5. The van der Waals surface area contributed by atoms with Crippen LogP contribution in [-0.2, 0) is 4.79 Å². The number of hydrogen-bond acceptors (Lipinski definition) is 4. The van der Waals surface area contributed by atoms with Crippen molar-refractivity contribution in [2.24, 2.45) is 0 Å². The quantitative estimate of drug-likeness (QED) is 0.833. The van der Waals surface area contributed by atoms with Gasteiger partial charge in [0.05, 0.1) is 6.10 Å². The van der Waals surface area contributed by atoms with Crippen molar-refractivity contribution >= 4 is 12.0 Å². The number of rotatable bonds is 3. The Hall–Kier alpha value is -2.01. The van der Waals surface area contributed by atoms with Gasteiger partial charge < -0.3 is 19.9 Å². The summed E-state index contributed by atoms with van der Waals surface area (Å²) in [6.45, 7) is 0.243. The van der Waals surface area contributed by atoms with E-state index in [1.807, 2.05) is 18.2 Å². The maximum absolute atomic E-state index is 11.9. The fraction of sp³-hybridized carbons (Fsp3) is 0.438. The zero-order chi connectivity index (χ0) is 14.7. The van der Waals surface area contributed by atoms with Crippen molar-refractivity contribution in [3.8, 4) is 11.5 Å². The minimum Gasteiger partial charge on any atom is -0.454 e. The largest absolute Gasteiger partial charge is 0.454 e. The number of aliphatic hydroxyl groups excluding tert-OH is 1. The lowest BCUT2D eigenvalue weighted by Gasteiger charge is -2.26. The molecular formula is C16H19NO4. The van der Waals surface area contributed by atoms with Crippen molar-refractivity contribution in [1.29, 1.82) is 0 Å². The third kappa shape index (κ3) is 3.55. The molecule has 1 aromatic rings. The average Bonchev–Trinajstić information content (AvgIpc) is 2.92. The maximum atomic E-state index is 11.9. The van der Waals surface area contributed by atoms with Gasteiger partial charge >= 0.3 is 0 Å². The summed E-state index contributed by atoms with van der Waals surface area (Å²) < 4.78 is 10.5. The molecule has 1 aliphatic heterocycles. The van der Waals surface area contributed by atoms with Gasteiger partial charge in [-0.05, 0) is 49.5 Å². The van der Waals surface area contributed by atoms with Gasteiger partial charge in [-0.25, -0.2) is 0 Å². The van der Waals surface area contributed by atoms with Crippen LogP contribution in [0.3, 0.4) is 0 Å². The van der Waals surface area contributed by atoms with Crippen molar-refractivity contribution in [2.75, 3.05) is 6.79 Å². The van der Waals surface area contributed by atoms with Crippen molar-refractivity contribution in [3.63, 3.8) is 0 Å². The molecule has 2 aliphatic rings. The van der Waals surface area contributed by atoms with E-state index in [0.29, 0.717) is 12.2 Å². The number of aliphatic hydroxyl groups is 1. The first-order valence-electron chi connectivity index (χ1n) is 7.27. The molecule has 1 aromatic carbocycles. The van der Waals surface area contributed by atoms with Gasteiger partial charge in [0.2, 0.25) is 12.7 Å². The Morgan fingerprint density at radius 2 is 2.14 bits per heavy atom. The second-order valence-corrected chi connectivity index (χ2v) is 5.47. The molecule has 5 heteroatoms. The first kappa shape index (κ1) is 13.9. The van der Waals surface area contributed by atoms with E-state index in [2.05, 4.69) is 5.32 Å². The molecule has 1 amide bonds. The smallest absolute Gasteiger partial charge is 0.244 e. The number of benzene rings is 1. The number of nitrogens with one attached hydrogen (secondary N) is 1. The number of carbonyl (C=O) groups excluding carboxylic acids is 1. The van der Waals surface area contributed by atoms with Crippen LogP contribution in [0.15, 0.2) is 24.3 Å². The molecule has 2 atom stereocenters. The van der Waals surface area contributed by atoms with Crippen molar-refractivity contribution in [2.45, 2.75) is 37.8 Å². The van der Waals surface area contributed by atoms with Crippen LogP contribution in [-0.4, -0.2) is 30.0 Å². The van der Waals surface area contributed by atoms with Gasteiger partial charge in [0.25, 0.3) is 0 Å². The summed E-state index contributed by atoms with van der Waals surface area (Å²) in [7, 11) is 0. The Labute approximate surface area is 123 Å². The zero-order valence-electron chi connectivity index (χ0n) is 11.7. The molecule has 112 valence electrons. The monoisotopic (exact) mass is 289 g/mol. The average molecular weight is 289 g/mol. The SMILES string of the molecule is O=C(/C=C/c1ccc2c(c1)OCO2)N[C@@H]1CCC[C@@H](O)C1. The molecule has 1 aliphatic carbocycles. The summed E-state index contributed by atoms with van der Waals surface area (Å²) in [5.41, 5.74) is 0.887. The molecule has 3 rings (SSSR count). The minimum atomic E-state index is -0.290. The second-order valence-electron chi connectivity index (χ2n) is 5.47. The van der Waals surface area contributed by atoms with E-state index in [9.17, 15) is 9.90 Å². The molecule has 0 unspecified atom stereocenters. The number of fused-ring (bicyclic) bond motifs is 1. The van der Waals surface area contributed by atoms with Crippen LogP contribution in [0.25, 0.3) is 6.08 Å². The first-order valence-corrected chi connectivity index (χ1v) is 7.27. The second kappa shape index (κ2) is 6.18. The summed E-state index contributed by atoms with van der Waals surface area (Å²) in [5.74, 6) is 1.30. The van der Waals surface area contributed by atoms with Crippen molar-refractivity contribution < 1.29 is 19.4 Å². The fourth-order valence-corrected chi connectivity index (χ4v) is 2.73. The van der Waals surface area contributed by atoms with E-state index in [1.165, 1.54) is 6.08 Å². The predicted octanol–water partition coefficient (Wildman–Crippen LogP) is 1.85. The van der Waals surface area contributed by atoms with Crippen LogP contribution in [0.1, 0.15) is 31.2 Å². The van der Waals surface area contributed by atoms with Gasteiger partial charge in [0.1, 0.15) is 0 Å². The summed E-state index contributed by atoms with van der Waals surface area (Å²) in [6.07, 6.45) is 6.33. The van der Waals surface area contributed by atoms with Crippen LogP contribution in [0.5, 0.6) is 11.5 Å². The van der Waals surface area contributed by atoms with Crippen molar-refractivity contribution in [1.82, 2.24) is 5.32 Å². The summed E-state index contributed by atoms with van der Waals surface area (Å²) in [6, 6.07) is 5.62. The lowest BCUT2D eigenvalue weighted by Crippen LogP contribution is -2.38. The highest BCUT2D eigenvalue weighted by molar-refractivity contribution is 5.92. The van der Waals surface area contributed by atoms with Gasteiger partial charge in [0, 0.05) is 12.1 Å². The fourth-order valence-electron chi connectivity index (χ4n) is 2.73. The molecule has 0 spiro atoms. The highest BCUT2D eigenvalue weighted by Crippen LogP contribution is 2.32. The predicted molar refractivity (Wildman–Crippen MR) is 78.0 cm³/mol. The van der Waals surface area contributed by atoms with Gasteiger partial charge in [-0.1, -0.05) is 6.07 Å². The number of carbonyl (C=O) groups is 1. The van der Waals surface area contributed by atoms with Gasteiger partial charge in [0.15, 0.2) is 11.5 Å². The van der Waals surface area contributed by atoms with E-state index < -0.39 is 0 Å². The van der Waals surface area contributed by atoms with Gasteiger partial charge in [-0.15, -0.1) is 0 Å². The van der Waals surface area contributed by atoms with E-state index in [4.69, 9.17) is 9.47 Å². The first-order chi connectivity index (χ1) is 10.2. The highest BCUT2D eigenvalue weighted by atomic mass is 16.7. The molecule has 2 N–H and O–H groups in total. The minimum absolute atomic E-state index is 0.0719. The Bertz CT molecular complexity index is 555. The summed E-state index contributed by atoms with van der Waals surface area (Å²) in [4.78, 5) is 11.9. The van der Waals surface area contributed by atoms with Crippen LogP contribution in [0.2, 0.25) is 0 Å². The Morgan fingerprint density at radius 1 is 1.29 bits per heavy atom. The molecule has 21 heavy (non-hydrogen) atoms. The number of hydrogen-bond donors (Lipinski definition) is 2. The Balaban J connectivity index is 1.56. The van der Waals surface area contributed by atoms with Crippen LogP contribution >= 0.6 is 0 Å². The third-order valence-corrected chi connectivity index (χ3v) is 3.82. The van der Waals surface area contributed by atoms with Crippen LogP contribution in [0.4, 0.5) is 0 Å². The summed E-state index contributed by atoms with van der Waals surface area (Å²) >= 11 is 0. The van der Waals surface area contributed by atoms with Crippen molar-refractivity contribution in [3.05, 3.63) is 29.8 Å². The topological polar surface area (TPSA) is 67.8 Å². The third-order valence-electron chi connectivity index (χ3n) is 3.82. The molecule has 1 heterocycles. The Kier molecular flexibility index (Phi) is 4.10. The van der Waals surface area contributed by atoms with Gasteiger partial charge in [-0.3, -0.25) is 4.79 Å². The molecule has 5 nitrogen and oxygen atoms in total. The normalized spacial score (nSPS) is 24.2. The molecule has 0 aromatic heterocycles. The van der Waals surface area contributed by atoms with E-state index in [-0.39, 0.29) is 24.8 Å². The molecule has 1 fully saturated rings. The maximum Gasteiger partial charge on any atom is 0.244 e. The lowest BCUT2D eigenvalue weighted by atomic mass is 9.93. The number of ether oxygens (including phenoxy) is 2. The highest BCUT2D eigenvalue weighted by Gasteiger charge is 2.20. The standard InChI is InChI=1S/C16H19NO4/c18-13-3-1-2-12(9-13)17-16(19)7-5-11-4-6-14-15(8-11)21-10-20-14/h4-8,12-13,18H,1-3,9-10H2,(H,17,19)/b7-5+/t12-,13-/m1/s1. The molecule has 0 radical (unpaired) electrons. The molecule has 0 bridgehead atoms. The Morgan fingerprint density at radius 3 is 3.00 bits per heavy atom. The van der Waals surface area contributed by atoms with E-state index in [0.717, 1.165) is 30.6 Å². The molecule has 0 saturated heterocycles. The van der Waals surface area contributed by atoms with E-state index >= 15 is 0 Å².